The monoisotopic (exact) mass is 363 g/mol. The van der Waals surface area contributed by atoms with E-state index < -0.39 is 18.5 Å². The summed E-state index contributed by atoms with van der Waals surface area (Å²) in [6.45, 7) is -0.0966. The molecule has 1 saturated heterocycles. The van der Waals surface area contributed by atoms with Crippen molar-refractivity contribution in [2.45, 2.75) is 12.8 Å². The first kappa shape index (κ1) is 19.3. The number of rotatable bonds is 7. The zero-order valence-corrected chi connectivity index (χ0v) is 14.9. The van der Waals surface area contributed by atoms with E-state index in [4.69, 9.17) is 18.9 Å². The maximum absolute atomic E-state index is 11.8. The van der Waals surface area contributed by atoms with Gasteiger partial charge in [-0.15, -0.1) is 0 Å². The Balaban J connectivity index is 1.99. The van der Waals surface area contributed by atoms with Gasteiger partial charge in [0.25, 0.3) is 5.91 Å². The highest BCUT2D eigenvalue weighted by atomic mass is 16.5. The highest BCUT2D eigenvalue weighted by Crippen LogP contribution is 2.38. The van der Waals surface area contributed by atoms with Gasteiger partial charge in [-0.1, -0.05) is 0 Å². The number of imide groups is 1. The molecule has 1 heterocycles. The summed E-state index contributed by atoms with van der Waals surface area (Å²) in [5, 5.41) is 0. The fraction of sp³-hybridized carbons (Fsp3) is 0.389. The van der Waals surface area contributed by atoms with Crippen LogP contribution in [0.15, 0.2) is 18.2 Å². The summed E-state index contributed by atoms with van der Waals surface area (Å²) in [4.78, 5) is 36.2. The van der Waals surface area contributed by atoms with Crippen molar-refractivity contribution in [3.05, 3.63) is 23.8 Å². The van der Waals surface area contributed by atoms with Gasteiger partial charge in [0.2, 0.25) is 11.7 Å². The van der Waals surface area contributed by atoms with E-state index in [1.54, 1.807) is 12.1 Å². The number of ether oxygens (including phenoxy) is 4. The molecule has 1 fully saturated rings. The van der Waals surface area contributed by atoms with Crippen LogP contribution in [0.5, 0.6) is 17.2 Å². The number of esters is 1. The predicted molar refractivity (Wildman–Crippen MR) is 92.0 cm³/mol. The summed E-state index contributed by atoms with van der Waals surface area (Å²) in [5.74, 6) is -0.111. The second-order valence-electron chi connectivity index (χ2n) is 5.44. The number of amides is 2. The van der Waals surface area contributed by atoms with Crippen molar-refractivity contribution in [2.75, 3.05) is 34.5 Å². The fourth-order valence-electron chi connectivity index (χ4n) is 2.53. The molecule has 26 heavy (non-hydrogen) atoms. The summed E-state index contributed by atoms with van der Waals surface area (Å²) >= 11 is 0. The van der Waals surface area contributed by atoms with Crippen molar-refractivity contribution in [3.63, 3.8) is 0 Å². The minimum atomic E-state index is -0.696. The first-order valence-electron chi connectivity index (χ1n) is 7.98. The van der Waals surface area contributed by atoms with Crippen molar-refractivity contribution < 1.29 is 33.3 Å². The van der Waals surface area contributed by atoms with E-state index in [1.165, 1.54) is 33.5 Å². The number of methoxy groups -OCH3 is 3. The third-order valence-corrected chi connectivity index (χ3v) is 3.81. The molecule has 0 spiro atoms. The molecule has 0 saturated carbocycles. The third kappa shape index (κ3) is 4.53. The first-order valence-corrected chi connectivity index (χ1v) is 7.98. The second-order valence-corrected chi connectivity index (χ2v) is 5.44. The average molecular weight is 363 g/mol. The smallest absolute Gasteiger partial charge is 0.331 e. The van der Waals surface area contributed by atoms with E-state index in [1.807, 2.05) is 0 Å². The van der Waals surface area contributed by atoms with Crippen LogP contribution in [0.1, 0.15) is 18.4 Å². The Kier molecular flexibility index (Phi) is 6.60. The summed E-state index contributed by atoms with van der Waals surface area (Å²) in [5.41, 5.74) is 0.623. The van der Waals surface area contributed by atoms with E-state index in [-0.39, 0.29) is 5.91 Å². The molecular weight excluding hydrogens is 342 g/mol. The molecule has 140 valence electrons. The molecule has 0 N–H and O–H groups in total. The zero-order chi connectivity index (χ0) is 19.1. The van der Waals surface area contributed by atoms with Crippen LogP contribution in [-0.4, -0.2) is 57.2 Å². The highest BCUT2D eigenvalue weighted by molar-refractivity contribution is 5.98. The predicted octanol–water partition coefficient (Wildman–Crippen LogP) is 1.42. The number of nitrogens with zero attached hydrogens (tertiary/aromatic N) is 1. The van der Waals surface area contributed by atoms with E-state index in [9.17, 15) is 14.4 Å². The van der Waals surface area contributed by atoms with Crippen molar-refractivity contribution in [2.24, 2.45) is 0 Å². The van der Waals surface area contributed by atoms with Crippen LogP contribution in [-0.2, 0) is 19.1 Å². The van der Waals surface area contributed by atoms with Gasteiger partial charge in [0.1, 0.15) is 0 Å². The second kappa shape index (κ2) is 8.89. The lowest BCUT2D eigenvalue weighted by molar-refractivity contribution is -0.151. The SMILES string of the molecule is COc1cc(C=CC(=O)OCC(=O)N2CCCC2=O)cc(OC)c1OC. The molecule has 8 nitrogen and oxygen atoms in total. The van der Waals surface area contributed by atoms with Crippen LogP contribution in [0.3, 0.4) is 0 Å². The molecule has 0 bridgehead atoms. The van der Waals surface area contributed by atoms with E-state index >= 15 is 0 Å². The molecule has 0 atom stereocenters. The Labute approximate surface area is 151 Å². The Morgan fingerprint density at radius 2 is 1.77 bits per heavy atom. The van der Waals surface area contributed by atoms with Crippen molar-refractivity contribution in [1.29, 1.82) is 0 Å². The van der Waals surface area contributed by atoms with Gasteiger partial charge in [-0.05, 0) is 30.2 Å². The summed E-state index contributed by atoms with van der Waals surface area (Å²) in [6, 6.07) is 3.33. The number of benzene rings is 1. The van der Waals surface area contributed by atoms with E-state index in [2.05, 4.69) is 0 Å². The molecule has 1 aliphatic heterocycles. The molecule has 0 radical (unpaired) electrons. The standard InChI is InChI=1S/C18H21NO7/c1-23-13-9-12(10-14(24-2)18(13)25-3)6-7-17(22)26-11-16(21)19-8-4-5-15(19)20/h6-7,9-10H,4-5,8,11H2,1-3H3. The van der Waals surface area contributed by atoms with Crippen LogP contribution in [0.2, 0.25) is 0 Å². The first-order chi connectivity index (χ1) is 12.5. The molecule has 1 aromatic rings. The average Bonchev–Trinajstić information content (AvgIpc) is 3.09. The molecule has 1 aliphatic rings. The Bertz CT molecular complexity index is 701. The number of carbonyl (C=O) groups excluding carboxylic acids is 3. The molecule has 2 amide bonds. The van der Waals surface area contributed by atoms with Gasteiger partial charge < -0.3 is 18.9 Å². The maximum Gasteiger partial charge on any atom is 0.331 e. The number of hydrogen-bond acceptors (Lipinski definition) is 7. The zero-order valence-electron chi connectivity index (χ0n) is 14.9. The van der Waals surface area contributed by atoms with Crippen LogP contribution in [0, 0.1) is 0 Å². The van der Waals surface area contributed by atoms with Crippen LogP contribution in [0.25, 0.3) is 6.08 Å². The number of carbonyl (C=O) groups is 3. The molecule has 1 aromatic carbocycles. The van der Waals surface area contributed by atoms with Gasteiger partial charge in [0.15, 0.2) is 18.1 Å². The minimum absolute atomic E-state index is 0.237. The number of hydrogen-bond donors (Lipinski definition) is 0. The summed E-state index contributed by atoms with van der Waals surface area (Å²) < 4.78 is 20.6. The highest BCUT2D eigenvalue weighted by Gasteiger charge is 2.26. The van der Waals surface area contributed by atoms with E-state index in [0.717, 1.165) is 4.90 Å². The summed E-state index contributed by atoms with van der Waals surface area (Å²) in [7, 11) is 4.48. The van der Waals surface area contributed by atoms with Crippen LogP contribution in [0.4, 0.5) is 0 Å². The van der Waals surface area contributed by atoms with Crippen molar-refractivity contribution in [1.82, 2.24) is 4.90 Å². The van der Waals surface area contributed by atoms with Gasteiger partial charge in [-0.25, -0.2) is 4.79 Å². The van der Waals surface area contributed by atoms with Gasteiger partial charge in [0, 0.05) is 19.0 Å². The van der Waals surface area contributed by atoms with Gasteiger partial charge >= 0.3 is 5.97 Å². The molecule has 0 unspecified atom stereocenters. The molecule has 0 aromatic heterocycles. The lowest BCUT2D eigenvalue weighted by Crippen LogP contribution is -2.35. The van der Waals surface area contributed by atoms with Crippen LogP contribution >= 0.6 is 0 Å². The minimum Gasteiger partial charge on any atom is -0.493 e. The normalized spacial score (nSPS) is 13.8. The van der Waals surface area contributed by atoms with Crippen molar-refractivity contribution >= 4 is 23.9 Å². The molecule has 0 aliphatic carbocycles. The third-order valence-electron chi connectivity index (χ3n) is 3.81. The lowest BCUT2D eigenvalue weighted by atomic mass is 10.1. The van der Waals surface area contributed by atoms with Crippen molar-refractivity contribution in [3.8, 4) is 17.2 Å². The molecular formula is C18H21NO7. The molecule has 8 heteroatoms. The quantitative estimate of drug-likeness (QED) is 0.534. The maximum atomic E-state index is 11.8. The Hall–Kier alpha value is -3.03. The van der Waals surface area contributed by atoms with Gasteiger partial charge in [-0.3, -0.25) is 14.5 Å². The van der Waals surface area contributed by atoms with Crippen LogP contribution < -0.4 is 14.2 Å². The lowest BCUT2D eigenvalue weighted by Gasteiger charge is -2.13. The Morgan fingerprint density at radius 3 is 2.27 bits per heavy atom. The van der Waals surface area contributed by atoms with Gasteiger partial charge in [-0.2, -0.15) is 0 Å². The number of likely N-dealkylation sites (tertiary alicyclic amines) is 1. The molecule has 2 rings (SSSR count). The topological polar surface area (TPSA) is 91.4 Å². The van der Waals surface area contributed by atoms with E-state index in [0.29, 0.717) is 42.2 Å². The summed E-state index contributed by atoms with van der Waals surface area (Å²) in [6.07, 6.45) is 3.67. The largest absolute Gasteiger partial charge is 0.493 e. The Morgan fingerprint density at radius 1 is 1.12 bits per heavy atom. The fourth-order valence-corrected chi connectivity index (χ4v) is 2.53. The van der Waals surface area contributed by atoms with Gasteiger partial charge in [0.05, 0.1) is 21.3 Å².